The number of carbonyl (C=O) groups excluding carboxylic acids is 3. The molecule has 3 N–H and O–H groups in total. The summed E-state index contributed by atoms with van der Waals surface area (Å²) < 4.78 is 12.9. The fraction of sp³-hybridized carbons (Fsp3) is 0.591. The summed E-state index contributed by atoms with van der Waals surface area (Å²) in [5.41, 5.74) is 4.43. The van der Waals surface area contributed by atoms with Crippen LogP contribution < -0.4 is 16.2 Å². The largest absolute Gasteiger partial charge is 0.351 e. The summed E-state index contributed by atoms with van der Waals surface area (Å²) in [5.74, 6) is 0.724. The molecule has 4 saturated carbocycles. The van der Waals surface area contributed by atoms with E-state index in [9.17, 15) is 18.8 Å². The van der Waals surface area contributed by atoms with Crippen molar-refractivity contribution >= 4 is 29.5 Å². The molecule has 5 rings (SSSR count). The molecule has 0 radical (unpaired) electrons. The van der Waals surface area contributed by atoms with Crippen LogP contribution in [0, 0.1) is 23.1 Å². The van der Waals surface area contributed by atoms with E-state index in [0.29, 0.717) is 24.0 Å². The Labute approximate surface area is 180 Å². The monoisotopic (exact) mass is 433 g/mol. The van der Waals surface area contributed by atoms with E-state index in [1.165, 1.54) is 30.8 Å². The van der Waals surface area contributed by atoms with Gasteiger partial charge in [-0.1, -0.05) is 0 Å². The molecule has 4 aliphatic rings. The maximum atomic E-state index is 13.1. The minimum absolute atomic E-state index is 0.0422. The van der Waals surface area contributed by atoms with Gasteiger partial charge in [0.2, 0.25) is 17.7 Å². The van der Waals surface area contributed by atoms with Crippen LogP contribution in [-0.2, 0) is 14.4 Å². The van der Waals surface area contributed by atoms with Gasteiger partial charge in [-0.2, -0.15) is 0 Å². The lowest BCUT2D eigenvalue weighted by Gasteiger charge is -2.61. The van der Waals surface area contributed by atoms with Crippen LogP contribution in [0.1, 0.15) is 51.9 Å². The summed E-state index contributed by atoms with van der Waals surface area (Å²) in [6, 6.07) is 6.14. The van der Waals surface area contributed by atoms with Gasteiger partial charge in [-0.25, -0.2) is 4.39 Å². The van der Waals surface area contributed by atoms with Crippen molar-refractivity contribution in [3.8, 4) is 0 Å². The lowest BCUT2D eigenvalue weighted by molar-refractivity contribution is -0.154. The molecule has 0 unspecified atom stereocenters. The molecule has 0 heterocycles. The van der Waals surface area contributed by atoms with Gasteiger partial charge in [0, 0.05) is 29.5 Å². The van der Waals surface area contributed by atoms with Crippen LogP contribution in [0.2, 0.25) is 0 Å². The molecule has 1 aromatic rings. The van der Waals surface area contributed by atoms with Crippen LogP contribution in [0.5, 0.6) is 0 Å². The number of halogens is 1. The number of benzene rings is 1. The number of nitrogens with one attached hydrogen (secondary N) is 3. The van der Waals surface area contributed by atoms with Crippen molar-refractivity contribution < 1.29 is 18.8 Å². The Balaban J connectivity index is 1.28. The van der Waals surface area contributed by atoms with Crippen LogP contribution in [0.15, 0.2) is 29.2 Å². The number of hydrogen-bond acceptors (Lipinski definition) is 4. The van der Waals surface area contributed by atoms with Gasteiger partial charge in [0.25, 0.3) is 0 Å². The van der Waals surface area contributed by atoms with E-state index in [1.807, 2.05) is 0 Å². The molecule has 0 saturated heterocycles. The minimum atomic E-state index is -0.511. The van der Waals surface area contributed by atoms with Crippen molar-refractivity contribution in [1.29, 1.82) is 0 Å². The van der Waals surface area contributed by atoms with Gasteiger partial charge in [-0.15, -0.1) is 11.8 Å². The van der Waals surface area contributed by atoms with E-state index < -0.39 is 5.41 Å². The van der Waals surface area contributed by atoms with Crippen molar-refractivity contribution in [2.24, 2.45) is 17.3 Å². The van der Waals surface area contributed by atoms with Crippen LogP contribution in [0.4, 0.5) is 4.39 Å². The zero-order valence-corrected chi connectivity index (χ0v) is 17.9. The number of hydrogen-bond donors (Lipinski definition) is 3. The Bertz CT molecular complexity index is 831. The van der Waals surface area contributed by atoms with Crippen LogP contribution in [-0.4, -0.2) is 29.0 Å². The van der Waals surface area contributed by atoms with Gasteiger partial charge in [-0.05, 0) is 74.6 Å². The average Bonchev–Trinajstić information content (AvgIpc) is 2.65. The van der Waals surface area contributed by atoms with Gasteiger partial charge >= 0.3 is 0 Å². The minimum Gasteiger partial charge on any atom is -0.351 e. The molecule has 0 aliphatic heterocycles. The highest BCUT2D eigenvalue weighted by atomic mass is 32.2. The van der Waals surface area contributed by atoms with Gasteiger partial charge in [0.1, 0.15) is 5.82 Å². The molecule has 0 aromatic heterocycles. The molecule has 162 valence electrons. The van der Waals surface area contributed by atoms with Gasteiger partial charge in [0.15, 0.2) is 0 Å². The molecule has 3 amide bonds. The summed E-state index contributed by atoms with van der Waals surface area (Å²) in [7, 11) is 0. The third-order valence-corrected chi connectivity index (χ3v) is 7.72. The Morgan fingerprint density at radius 3 is 2.37 bits per heavy atom. The molecule has 30 heavy (non-hydrogen) atoms. The SMILES string of the molecule is CC(=O)NC12C[C@H]3C[C@H](C1)CC(C(=O)NNC(=O)CCSc1ccc(F)cc1)(C3)C2. The standard InChI is InChI=1S/C22H28FN3O3S/c1-14(27)24-22-11-15-8-16(12-22)10-21(9-15,13-22)20(29)26-25-19(28)6-7-30-18-4-2-17(23)3-5-18/h2-5,15-16H,6-13H2,1H3,(H,24,27)(H,25,28)(H,26,29)/t15-,16-,21?,22?/m0/s1. The van der Waals surface area contributed by atoms with E-state index in [-0.39, 0.29) is 35.5 Å². The highest BCUT2D eigenvalue weighted by Gasteiger charge is 2.60. The van der Waals surface area contributed by atoms with E-state index in [4.69, 9.17) is 0 Å². The molecule has 4 bridgehead atoms. The highest BCUT2D eigenvalue weighted by Crippen LogP contribution is 2.61. The topological polar surface area (TPSA) is 87.3 Å². The second-order valence-electron chi connectivity index (χ2n) is 9.26. The van der Waals surface area contributed by atoms with Crippen LogP contribution in [0.3, 0.4) is 0 Å². The Morgan fingerprint density at radius 2 is 1.73 bits per heavy atom. The number of hydrazine groups is 1. The normalized spacial score (nSPS) is 31.3. The van der Waals surface area contributed by atoms with E-state index in [0.717, 1.165) is 37.0 Å². The zero-order chi connectivity index (χ0) is 21.4. The summed E-state index contributed by atoms with van der Waals surface area (Å²) >= 11 is 1.46. The predicted octanol–water partition coefficient (Wildman–Crippen LogP) is 2.93. The predicted molar refractivity (Wildman–Crippen MR) is 112 cm³/mol. The number of carbonyl (C=O) groups is 3. The molecular formula is C22H28FN3O3S. The fourth-order valence-corrected chi connectivity index (χ4v) is 7.01. The molecule has 8 heteroatoms. The zero-order valence-electron chi connectivity index (χ0n) is 17.1. The number of thioether (sulfide) groups is 1. The number of rotatable bonds is 6. The highest BCUT2D eigenvalue weighted by molar-refractivity contribution is 7.99. The Hall–Kier alpha value is -2.09. The molecular weight excluding hydrogens is 405 g/mol. The van der Waals surface area contributed by atoms with Crippen molar-refractivity contribution in [3.05, 3.63) is 30.1 Å². The van der Waals surface area contributed by atoms with Crippen LogP contribution in [0.25, 0.3) is 0 Å². The smallest absolute Gasteiger partial charge is 0.244 e. The first-order valence-corrected chi connectivity index (χ1v) is 11.5. The van der Waals surface area contributed by atoms with Crippen molar-refractivity contribution in [2.75, 3.05) is 5.75 Å². The molecule has 0 spiro atoms. The number of amides is 3. The maximum Gasteiger partial charge on any atom is 0.244 e. The van der Waals surface area contributed by atoms with Crippen molar-refractivity contribution in [2.45, 2.75) is 62.3 Å². The summed E-state index contributed by atoms with van der Waals surface area (Å²) in [6.45, 7) is 1.54. The first kappa shape index (κ1) is 21.2. The van der Waals surface area contributed by atoms with Crippen molar-refractivity contribution in [1.82, 2.24) is 16.2 Å². The molecule has 4 aliphatic carbocycles. The fourth-order valence-electron chi connectivity index (χ4n) is 6.16. The van der Waals surface area contributed by atoms with Crippen LogP contribution >= 0.6 is 11.8 Å². The lowest BCUT2D eigenvalue weighted by atomic mass is 9.46. The first-order chi connectivity index (χ1) is 14.3. The van der Waals surface area contributed by atoms with E-state index in [2.05, 4.69) is 16.2 Å². The molecule has 1 aromatic carbocycles. The second kappa shape index (κ2) is 8.21. The maximum absolute atomic E-state index is 13.1. The first-order valence-electron chi connectivity index (χ1n) is 10.5. The lowest BCUT2D eigenvalue weighted by Crippen LogP contribution is -2.66. The summed E-state index contributed by atoms with van der Waals surface area (Å²) in [5, 5.41) is 3.15. The van der Waals surface area contributed by atoms with E-state index in [1.54, 1.807) is 12.1 Å². The second-order valence-corrected chi connectivity index (χ2v) is 10.4. The molecule has 6 nitrogen and oxygen atoms in total. The molecule has 2 atom stereocenters. The van der Waals surface area contributed by atoms with Gasteiger partial charge < -0.3 is 5.32 Å². The quantitative estimate of drug-likeness (QED) is 0.476. The van der Waals surface area contributed by atoms with Gasteiger partial charge in [0.05, 0.1) is 5.41 Å². The van der Waals surface area contributed by atoms with E-state index >= 15 is 0 Å². The Kier molecular flexibility index (Phi) is 5.79. The Morgan fingerprint density at radius 1 is 1.07 bits per heavy atom. The third kappa shape index (κ3) is 4.48. The van der Waals surface area contributed by atoms with Gasteiger partial charge in [-0.3, -0.25) is 25.2 Å². The summed E-state index contributed by atoms with van der Waals surface area (Å²) in [4.78, 5) is 37.9. The average molecular weight is 434 g/mol. The van der Waals surface area contributed by atoms with Crippen molar-refractivity contribution in [3.63, 3.8) is 0 Å². The summed E-state index contributed by atoms with van der Waals surface area (Å²) in [6.07, 6.45) is 5.57. The molecule has 4 fully saturated rings. The third-order valence-electron chi connectivity index (χ3n) is 6.71.